The summed E-state index contributed by atoms with van der Waals surface area (Å²) < 4.78 is 46.5. The quantitative estimate of drug-likeness (QED) is 0.180. The van der Waals surface area contributed by atoms with Gasteiger partial charge in [0.1, 0.15) is 18.1 Å². The van der Waals surface area contributed by atoms with Gasteiger partial charge in [-0.25, -0.2) is 18.2 Å². The second kappa shape index (κ2) is 13.7. The molecule has 0 saturated carbocycles. The van der Waals surface area contributed by atoms with E-state index in [4.69, 9.17) is 16.3 Å². The molecule has 0 saturated heterocycles. The summed E-state index contributed by atoms with van der Waals surface area (Å²) in [5, 5.41) is 6.99. The van der Waals surface area contributed by atoms with E-state index in [1.807, 2.05) is 6.92 Å². The largest absolute Gasteiger partial charge is 0.484 e. The summed E-state index contributed by atoms with van der Waals surface area (Å²) in [6, 6.07) is 24.4. The Morgan fingerprint density at radius 2 is 1.60 bits per heavy atom. The van der Waals surface area contributed by atoms with Gasteiger partial charge in [-0.3, -0.25) is 13.9 Å². The number of ether oxygens (including phenoxy) is 1. The van der Waals surface area contributed by atoms with Crippen LogP contribution in [0.1, 0.15) is 11.1 Å². The Labute approximate surface area is 247 Å². The average Bonchev–Trinajstić information content (AvgIpc) is 2.97. The molecule has 0 radical (unpaired) electrons. The molecule has 216 valence electrons. The van der Waals surface area contributed by atoms with Crippen molar-refractivity contribution >= 4 is 51.0 Å². The Hall–Kier alpha value is -4.74. The minimum Gasteiger partial charge on any atom is -0.484 e. The van der Waals surface area contributed by atoms with Gasteiger partial charge in [0, 0.05) is 0 Å². The number of carbonyl (C=O) groups excluding carboxylic acids is 2. The number of sulfonamides is 1. The summed E-state index contributed by atoms with van der Waals surface area (Å²) in [6.07, 6.45) is 1.37. The molecule has 4 rings (SSSR count). The van der Waals surface area contributed by atoms with Crippen LogP contribution in [0.3, 0.4) is 0 Å². The predicted molar refractivity (Wildman–Crippen MR) is 160 cm³/mol. The van der Waals surface area contributed by atoms with E-state index in [0.29, 0.717) is 22.0 Å². The van der Waals surface area contributed by atoms with Gasteiger partial charge in [0.15, 0.2) is 6.61 Å². The SMILES string of the molecule is Cc1ccc(N(CC(=O)N/N=C\c2ccc(OCC(=O)Nc3ccccc3Cl)cc2)S(=O)(=O)c2ccc(F)cc2)cc1. The first-order valence-corrected chi connectivity index (χ1v) is 14.4. The predicted octanol–water partition coefficient (Wildman–Crippen LogP) is 5.15. The molecule has 0 aliphatic heterocycles. The number of amides is 2. The Morgan fingerprint density at radius 3 is 2.26 bits per heavy atom. The highest BCUT2D eigenvalue weighted by Gasteiger charge is 2.27. The molecule has 42 heavy (non-hydrogen) atoms. The van der Waals surface area contributed by atoms with E-state index in [2.05, 4.69) is 15.8 Å². The standard InChI is InChI=1S/C30H26ClFN4O5S/c1-21-6-12-24(13-7-21)36(42(39,40)26-16-10-23(32)11-17-26)19-29(37)35-33-18-22-8-14-25(15-9-22)41-20-30(38)34-28-5-3-2-4-27(28)31/h2-18H,19-20H2,1H3,(H,34,38)(H,35,37)/b33-18-. The fourth-order valence-corrected chi connectivity index (χ4v) is 5.26. The minimum absolute atomic E-state index is 0.163. The van der Waals surface area contributed by atoms with Gasteiger partial charge in [-0.1, -0.05) is 41.4 Å². The van der Waals surface area contributed by atoms with Crippen molar-refractivity contribution in [2.75, 3.05) is 22.8 Å². The molecular weight excluding hydrogens is 583 g/mol. The first-order chi connectivity index (χ1) is 20.1. The second-order valence-corrected chi connectivity index (χ2v) is 11.2. The second-order valence-electron chi connectivity index (χ2n) is 8.98. The highest BCUT2D eigenvalue weighted by Crippen LogP contribution is 2.24. The average molecular weight is 609 g/mol. The molecule has 0 aliphatic rings. The number of carbonyl (C=O) groups is 2. The van der Waals surface area contributed by atoms with Crippen molar-refractivity contribution in [3.63, 3.8) is 0 Å². The van der Waals surface area contributed by atoms with Crippen molar-refractivity contribution in [1.29, 1.82) is 0 Å². The lowest BCUT2D eigenvalue weighted by molar-refractivity contribution is -0.119. The molecule has 2 amide bonds. The maximum absolute atomic E-state index is 13.4. The van der Waals surface area contributed by atoms with E-state index < -0.39 is 28.3 Å². The summed E-state index contributed by atoms with van der Waals surface area (Å²) >= 11 is 6.04. The van der Waals surface area contributed by atoms with Gasteiger partial charge in [0.05, 0.1) is 27.5 Å². The Kier molecular flexibility index (Phi) is 9.89. The van der Waals surface area contributed by atoms with Crippen molar-refractivity contribution in [1.82, 2.24) is 5.43 Å². The number of hydrogen-bond donors (Lipinski definition) is 2. The molecule has 0 spiro atoms. The summed E-state index contributed by atoms with van der Waals surface area (Å²) in [5.74, 6) is -1.22. The smallest absolute Gasteiger partial charge is 0.264 e. The van der Waals surface area contributed by atoms with Crippen LogP contribution in [0.25, 0.3) is 0 Å². The fraction of sp³-hybridized carbons (Fsp3) is 0.100. The number of aryl methyl sites for hydroxylation is 1. The van der Waals surface area contributed by atoms with Crippen molar-refractivity contribution < 1.29 is 27.1 Å². The third kappa shape index (κ3) is 8.15. The van der Waals surface area contributed by atoms with Crippen LogP contribution in [0.5, 0.6) is 5.75 Å². The van der Waals surface area contributed by atoms with Gasteiger partial charge < -0.3 is 10.1 Å². The fourth-order valence-electron chi connectivity index (χ4n) is 3.65. The Balaban J connectivity index is 1.35. The number of nitrogens with one attached hydrogen (secondary N) is 2. The molecule has 0 unspecified atom stereocenters. The monoisotopic (exact) mass is 608 g/mol. The number of halogens is 2. The minimum atomic E-state index is -4.19. The zero-order chi connectivity index (χ0) is 30.1. The lowest BCUT2D eigenvalue weighted by Gasteiger charge is -2.23. The number of rotatable bonds is 11. The van der Waals surface area contributed by atoms with Crippen LogP contribution >= 0.6 is 11.6 Å². The number of nitrogens with zero attached hydrogens (tertiary/aromatic N) is 2. The van der Waals surface area contributed by atoms with Crippen molar-refractivity contribution in [3.05, 3.63) is 119 Å². The van der Waals surface area contributed by atoms with E-state index in [1.165, 1.54) is 6.21 Å². The lowest BCUT2D eigenvalue weighted by atomic mass is 10.2. The van der Waals surface area contributed by atoms with E-state index in [-0.39, 0.29) is 23.1 Å². The molecule has 0 heterocycles. The molecule has 0 aliphatic carbocycles. The van der Waals surface area contributed by atoms with Crippen LogP contribution in [0.2, 0.25) is 5.02 Å². The maximum atomic E-state index is 13.4. The van der Waals surface area contributed by atoms with Crippen molar-refractivity contribution in [2.45, 2.75) is 11.8 Å². The van der Waals surface area contributed by atoms with Crippen LogP contribution in [-0.4, -0.2) is 39.6 Å². The van der Waals surface area contributed by atoms with E-state index >= 15 is 0 Å². The van der Waals surface area contributed by atoms with Gasteiger partial charge in [-0.15, -0.1) is 0 Å². The summed E-state index contributed by atoms with van der Waals surface area (Å²) in [7, 11) is -4.19. The zero-order valence-corrected chi connectivity index (χ0v) is 23.9. The number of hydrogen-bond acceptors (Lipinski definition) is 6. The molecule has 4 aromatic carbocycles. The van der Waals surface area contributed by atoms with Gasteiger partial charge in [0.2, 0.25) is 0 Å². The van der Waals surface area contributed by atoms with Crippen LogP contribution in [0.4, 0.5) is 15.8 Å². The summed E-state index contributed by atoms with van der Waals surface area (Å²) in [4.78, 5) is 24.7. The molecular formula is C30H26ClFN4O5S. The lowest BCUT2D eigenvalue weighted by Crippen LogP contribution is -2.39. The van der Waals surface area contributed by atoms with Gasteiger partial charge in [-0.2, -0.15) is 5.10 Å². The van der Waals surface area contributed by atoms with Crippen LogP contribution < -0.4 is 19.8 Å². The van der Waals surface area contributed by atoms with E-state index in [1.54, 1.807) is 72.8 Å². The molecule has 9 nitrogen and oxygen atoms in total. The molecule has 0 bridgehead atoms. The molecule has 0 atom stereocenters. The highest BCUT2D eigenvalue weighted by atomic mass is 35.5. The number of para-hydroxylation sites is 1. The van der Waals surface area contributed by atoms with Gasteiger partial charge in [0.25, 0.3) is 21.8 Å². The summed E-state index contributed by atoms with van der Waals surface area (Å²) in [6.45, 7) is 1.05. The first kappa shape index (κ1) is 30.2. The Bertz CT molecular complexity index is 1680. The van der Waals surface area contributed by atoms with Gasteiger partial charge >= 0.3 is 0 Å². The maximum Gasteiger partial charge on any atom is 0.264 e. The summed E-state index contributed by atoms with van der Waals surface area (Å²) in [5.41, 5.74) is 4.59. The topological polar surface area (TPSA) is 117 Å². The first-order valence-electron chi connectivity index (χ1n) is 12.6. The molecule has 2 N–H and O–H groups in total. The van der Waals surface area contributed by atoms with Crippen molar-refractivity contribution in [3.8, 4) is 5.75 Å². The third-order valence-electron chi connectivity index (χ3n) is 5.81. The molecule has 0 aromatic heterocycles. The third-order valence-corrected chi connectivity index (χ3v) is 7.93. The van der Waals surface area contributed by atoms with Crippen LogP contribution in [-0.2, 0) is 19.6 Å². The molecule has 4 aromatic rings. The van der Waals surface area contributed by atoms with Crippen molar-refractivity contribution in [2.24, 2.45) is 5.10 Å². The van der Waals surface area contributed by atoms with E-state index in [0.717, 1.165) is 34.1 Å². The van der Waals surface area contributed by atoms with E-state index in [9.17, 15) is 22.4 Å². The number of anilines is 2. The normalized spacial score (nSPS) is 11.2. The number of hydrazone groups is 1. The molecule has 0 fully saturated rings. The Morgan fingerprint density at radius 1 is 0.929 bits per heavy atom. The number of benzene rings is 4. The van der Waals surface area contributed by atoms with Gasteiger partial charge in [-0.05, 0) is 85.3 Å². The zero-order valence-electron chi connectivity index (χ0n) is 22.3. The van der Waals surface area contributed by atoms with Crippen LogP contribution in [0, 0.1) is 12.7 Å². The van der Waals surface area contributed by atoms with Crippen LogP contribution in [0.15, 0.2) is 107 Å². The highest BCUT2D eigenvalue weighted by molar-refractivity contribution is 7.92. The molecule has 12 heteroatoms.